The highest BCUT2D eigenvalue weighted by molar-refractivity contribution is 7.82. The van der Waals surface area contributed by atoms with Gasteiger partial charge in [-0.05, 0) is 20.8 Å². The molecule has 4 atom stereocenters. The Bertz CT molecular complexity index is 479. The second kappa shape index (κ2) is 5.23. The predicted octanol–water partition coefficient (Wildman–Crippen LogP) is -0.0242. The third-order valence-corrected chi connectivity index (χ3v) is 3.86. The molecule has 9 heteroatoms. The number of carbonyl (C=O) groups is 1. The fourth-order valence-electron chi connectivity index (χ4n) is 1.90. The van der Waals surface area contributed by atoms with Gasteiger partial charge in [-0.1, -0.05) is 0 Å². The molecule has 0 radical (unpaired) electrons. The summed E-state index contributed by atoms with van der Waals surface area (Å²) >= 11 is 0. The summed E-state index contributed by atoms with van der Waals surface area (Å²) in [6.45, 7) is 5.01. The fourth-order valence-corrected chi connectivity index (χ4v) is 2.93. The van der Waals surface area contributed by atoms with Crippen LogP contribution in [0.25, 0.3) is 0 Å². The lowest BCUT2D eigenvalue weighted by Gasteiger charge is -2.20. The van der Waals surface area contributed by atoms with E-state index >= 15 is 0 Å². The minimum atomic E-state index is -4.05. The van der Waals surface area contributed by atoms with Crippen molar-refractivity contribution in [2.75, 3.05) is 13.7 Å². The van der Waals surface area contributed by atoms with Gasteiger partial charge in [0.05, 0.1) is 5.41 Å². The summed E-state index contributed by atoms with van der Waals surface area (Å²) in [6, 6.07) is 0. The standard InChI is InChI=1S/C11H18O8S/c1-11(2,3)10(12)16-5-6-7-8(9(15-4)17-6)19-20(13,14)18-7/h6-9H,5H2,1-4H3/t6-,7-,8-,9+/m1/s1. The van der Waals surface area contributed by atoms with Gasteiger partial charge >= 0.3 is 16.4 Å². The number of hydrogen-bond acceptors (Lipinski definition) is 8. The summed E-state index contributed by atoms with van der Waals surface area (Å²) in [5.41, 5.74) is -0.655. The summed E-state index contributed by atoms with van der Waals surface area (Å²) in [5, 5.41) is 0. The van der Waals surface area contributed by atoms with E-state index in [0.717, 1.165) is 0 Å². The van der Waals surface area contributed by atoms with Crippen LogP contribution in [0, 0.1) is 5.41 Å². The van der Waals surface area contributed by atoms with Crippen LogP contribution in [0.5, 0.6) is 0 Å². The number of ether oxygens (including phenoxy) is 3. The second-order valence-electron chi connectivity index (χ2n) is 5.66. The van der Waals surface area contributed by atoms with E-state index < -0.39 is 46.4 Å². The third-order valence-electron chi connectivity index (χ3n) is 2.95. The van der Waals surface area contributed by atoms with E-state index in [4.69, 9.17) is 22.6 Å². The minimum absolute atomic E-state index is 0.129. The van der Waals surface area contributed by atoms with Crippen molar-refractivity contribution in [3.8, 4) is 0 Å². The molecule has 0 unspecified atom stereocenters. The van der Waals surface area contributed by atoms with Crippen LogP contribution in [0.15, 0.2) is 0 Å². The van der Waals surface area contributed by atoms with E-state index in [1.165, 1.54) is 7.11 Å². The molecule has 20 heavy (non-hydrogen) atoms. The largest absolute Gasteiger partial charge is 0.462 e. The molecule has 0 spiro atoms. The lowest BCUT2D eigenvalue weighted by atomic mass is 9.97. The molecule has 2 heterocycles. The molecule has 0 amide bonds. The molecule has 2 saturated heterocycles. The highest BCUT2D eigenvalue weighted by Crippen LogP contribution is 2.35. The zero-order valence-corrected chi connectivity index (χ0v) is 12.5. The van der Waals surface area contributed by atoms with Gasteiger partial charge in [0, 0.05) is 7.11 Å². The summed E-state index contributed by atoms with van der Waals surface area (Å²) in [6.07, 6.45) is -3.40. The first-order valence-electron chi connectivity index (χ1n) is 6.11. The van der Waals surface area contributed by atoms with Crippen LogP contribution in [-0.4, -0.2) is 52.7 Å². The van der Waals surface area contributed by atoms with Gasteiger partial charge in [0.15, 0.2) is 12.4 Å². The molecule has 0 aliphatic carbocycles. The molecule has 2 fully saturated rings. The van der Waals surface area contributed by atoms with Crippen molar-refractivity contribution >= 4 is 16.4 Å². The van der Waals surface area contributed by atoms with Crippen LogP contribution >= 0.6 is 0 Å². The first-order valence-corrected chi connectivity index (χ1v) is 7.44. The molecule has 0 aromatic heterocycles. The Hall–Kier alpha value is -0.740. The maximum absolute atomic E-state index is 11.7. The molecule has 0 N–H and O–H groups in total. The smallest absolute Gasteiger partial charge is 0.400 e. The van der Waals surface area contributed by atoms with Crippen molar-refractivity contribution in [1.82, 2.24) is 0 Å². The van der Waals surface area contributed by atoms with Gasteiger partial charge in [-0.2, -0.15) is 8.42 Å². The van der Waals surface area contributed by atoms with Gasteiger partial charge in [0.1, 0.15) is 18.8 Å². The lowest BCUT2D eigenvalue weighted by molar-refractivity contribution is -0.170. The number of esters is 1. The first kappa shape index (κ1) is 15.6. The molecule has 0 saturated carbocycles. The summed E-state index contributed by atoms with van der Waals surface area (Å²) in [4.78, 5) is 11.7. The van der Waals surface area contributed by atoms with Crippen LogP contribution in [0.1, 0.15) is 20.8 Å². The Balaban J connectivity index is 2.01. The summed E-state index contributed by atoms with van der Waals surface area (Å²) < 4.78 is 47.6. The highest BCUT2D eigenvalue weighted by Gasteiger charge is 2.56. The Kier molecular flexibility index (Phi) is 4.09. The average Bonchev–Trinajstić information content (AvgIpc) is 2.78. The third kappa shape index (κ3) is 3.12. The SMILES string of the molecule is CO[C@H]1O[C@H](COC(=O)C(C)(C)C)[C@H]2OS(=O)(=O)O[C@@H]12. The van der Waals surface area contributed by atoms with Crippen LogP contribution in [-0.2, 0) is 37.8 Å². The topological polar surface area (TPSA) is 97.4 Å². The zero-order valence-electron chi connectivity index (χ0n) is 11.7. The lowest BCUT2D eigenvalue weighted by Crippen LogP contribution is -2.34. The maximum atomic E-state index is 11.7. The van der Waals surface area contributed by atoms with Crippen LogP contribution in [0.3, 0.4) is 0 Å². The minimum Gasteiger partial charge on any atom is -0.462 e. The van der Waals surface area contributed by atoms with E-state index in [1.807, 2.05) is 0 Å². The van der Waals surface area contributed by atoms with Crippen molar-refractivity contribution in [2.24, 2.45) is 5.41 Å². The molecule has 2 aliphatic heterocycles. The molecule has 0 aromatic rings. The molecular formula is C11H18O8S. The van der Waals surface area contributed by atoms with Crippen LogP contribution in [0.2, 0.25) is 0 Å². The van der Waals surface area contributed by atoms with Gasteiger partial charge in [0.2, 0.25) is 0 Å². The quantitative estimate of drug-likeness (QED) is 0.671. The number of carbonyl (C=O) groups excluding carboxylic acids is 1. The number of fused-ring (bicyclic) bond motifs is 1. The number of hydrogen-bond donors (Lipinski definition) is 0. The van der Waals surface area contributed by atoms with Gasteiger partial charge in [-0.3, -0.25) is 4.79 Å². The number of methoxy groups -OCH3 is 1. The Morgan fingerprint density at radius 1 is 1.20 bits per heavy atom. The maximum Gasteiger partial charge on any atom is 0.400 e. The average molecular weight is 310 g/mol. The zero-order chi connectivity index (χ0) is 15.1. The summed E-state index contributed by atoms with van der Waals surface area (Å²) in [7, 11) is -2.69. The van der Waals surface area contributed by atoms with E-state index in [2.05, 4.69) is 0 Å². The highest BCUT2D eigenvalue weighted by atomic mass is 32.3. The Morgan fingerprint density at radius 3 is 2.35 bits per heavy atom. The molecule has 2 rings (SSSR count). The van der Waals surface area contributed by atoms with Crippen molar-refractivity contribution in [2.45, 2.75) is 45.4 Å². The normalized spacial score (nSPS) is 35.8. The van der Waals surface area contributed by atoms with Gasteiger partial charge in [0.25, 0.3) is 0 Å². The molecule has 8 nitrogen and oxygen atoms in total. The van der Waals surface area contributed by atoms with Gasteiger partial charge in [-0.25, -0.2) is 8.37 Å². The van der Waals surface area contributed by atoms with E-state index in [9.17, 15) is 13.2 Å². The Labute approximate surface area is 117 Å². The monoisotopic (exact) mass is 310 g/mol. The van der Waals surface area contributed by atoms with Crippen molar-refractivity contribution < 1.29 is 35.8 Å². The van der Waals surface area contributed by atoms with Crippen molar-refractivity contribution in [3.63, 3.8) is 0 Å². The van der Waals surface area contributed by atoms with Gasteiger partial charge < -0.3 is 14.2 Å². The first-order chi connectivity index (χ1) is 9.14. The van der Waals surface area contributed by atoms with E-state index in [1.54, 1.807) is 20.8 Å². The molecule has 0 aromatic carbocycles. The molecule has 0 bridgehead atoms. The van der Waals surface area contributed by atoms with Crippen molar-refractivity contribution in [1.29, 1.82) is 0 Å². The van der Waals surface area contributed by atoms with Crippen LogP contribution < -0.4 is 0 Å². The Morgan fingerprint density at radius 2 is 1.80 bits per heavy atom. The molecule has 2 aliphatic rings. The molecule has 116 valence electrons. The van der Waals surface area contributed by atoms with Gasteiger partial charge in [-0.15, -0.1) is 0 Å². The fraction of sp³-hybridized carbons (Fsp3) is 0.909. The summed E-state index contributed by atoms with van der Waals surface area (Å²) in [5.74, 6) is -0.416. The van der Waals surface area contributed by atoms with E-state index in [0.29, 0.717) is 0 Å². The van der Waals surface area contributed by atoms with Crippen molar-refractivity contribution in [3.05, 3.63) is 0 Å². The predicted molar refractivity (Wildman–Crippen MR) is 64.7 cm³/mol. The van der Waals surface area contributed by atoms with Crippen LogP contribution in [0.4, 0.5) is 0 Å². The number of rotatable bonds is 3. The molecular weight excluding hydrogens is 292 g/mol. The van der Waals surface area contributed by atoms with E-state index in [-0.39, 0.29) is 6.61 Å². The second-order valence-corrected chi connectivity index (χ2v) is 6.86.